The zero-order valence-electron chi connectivity index (χ0n) is 7.67. The molecule has 68 valence electrons. The minimum atomic E-state index is -0.476. The van der Waals surface area contributed by atoms with Crippen molar-refractivity contribution in [2.75, 3.05) is 0 Å². The van der Waals surface area contributed by atoms with Crippen LogP contribution in [-0.2, 0) is 0 Å². The molecule has 0 spiro atoms. The first-order chi connectivity index (χ1) is 6.88. The Balaban J connectivity index is 2.37. The van der Waals surface area contributed by atoms with Crippen molar-refractivity contribution < 1.29 is 0 Å². The van der Waals surface area contributed by atoms with Gasteiger partial charge in [-0.3, -0.25) is 0 Å². The Morgan fingerprint density at radius 1 is 0.643 bits per heavy atom. The van der Waals surface area contributed by atoms with E-state index in [2.05, 4.69) is 56.9 Å². The molecule has 0 atom stereocenters. The molecule has 0 saturated carbocycles. The predicted molar refractivity (Wildman–Crippen MR) is 66.0 cm³/mol. The number of rotatable bonds is 0. The van der Waals surface area contributed by atoms with Crippen LogP contribution in [0.25, 0.3) is 0 Å². The molecule has 0 unspecified atom stereocenters. The van der Waals surface area contributed by atoms with Crippen molar-refractivity contribution in [3.8, 4) is 0 Å². The fourth-order valence-corrected chi connectivity index (χ4v) is 3.29. The Morgan fingerprint density at radius 2 is 1.00 bits per heavy atom. The predicted octanol–water partition coefficient (Wildman–Crippen LogP) is 3.44. The third-order valence-corrected chi connectivity index (χ3v) is 4.96. The zero-order chi connectivity index (χ0) is 9.80. The van der Waals surface area contributed by atoms with Gasteiger partial charge in [0.25, 0.3) is 0 Å². The van der Waals surface area contributed by atoms with Crippen LogP contribution in [0.2, 0.25) is 0 Å². The summed E-state index contributed by atoms with van der Waals surface area (Å²) in [6, 6.07) is 20.8. The van der Waals surface area contributed by atoms with Gasteiger partial charge in [-0.2, -0.15) is 0 Å². The molecule has 0 heterocycles. The maximum absolute atomic E-state index is 4.67. The Labute approximate surface area is 87.0 Å². The number of hydrogen-bond donors (Lipinski definition) is 0. The number of hydrogen-bond acceptors (Lipinski definition) is 0. The van der Waals surface area contributed by atoms with E-state index in [0.29, 0.717) is 0 Å². The summed E-state index contributed by atoms with van der Waals surface area (Å²) in [6.07, 6.45) is 0. The zero-order valence-corrected chi connectivity index (χ0v) is 9.46. The molecule has 0 amide bonds. The van der Waals surface area contributed by atoms with Crippen LogP contribution in [0, 0.1) is 0 Å². The minimum absolute atomic E-state index is 0.476. The van der Waals surface area contributed by atoms with Gasteiger partial charge in [0.2, 0.25) is 0 Å². The van der Waals surface area contributed by atoms with E-state index in [9.17, 15) is 0 Å². The van der Waals surface area contributed by atoms with Crippen molar-refractivity contribution in [3.05, 3.63) is 60.7 Å². The van der Waals surface area contributed by atoms with E-state index < -0.39 is 7.02 Å². The molecule has 0 aliphatic rings. The fourth-order valence-electron chi connectivity index (χ4n) is 1.29. The van der Waals surface area contributed by atoms with Crippen molar-refractivity contribution in [2.24, 2.45) is 0 Å². The monoisotopic (exact) mass is 216 g/mol. The SMILES string of the molecule is P#P(c1ccccc1)c1ccccc1. The molecule has 0 aliphatic heterocycles. The maximum atomic E-state index is 4.67. The van der Waals surface area contributed by atoms with Crippen LogP contribution < -0.4 is 10.6 Å². The van der Waals surface area contributed by atoms with Gasteiger partial charge in [-0.05, 0) is 0 Å². The van der Waals surface area contributed by atoms with Gasteiger partial charge in [0.05, 0.1) is 0 Å². The van der Waals surface area contributed by atoms with E-state index in [-0.39, 0.29) is 0 Å². The van der Waals surface area contributed by atoms with E-state index in [0.717, 1.165) is 0 Å². The standard InChI is InChI=1S/C12H10P2/c13-14(11-7-3-1-4-8-11)12-9-5-2-6-10-12/h1-10H. The van der Waals surface area contributed by atoms with Crippen LogP contribution in [0.1, 0.15) is 0 Å². The van der Waals surface area contributed by atoms with Crippen LogP contribution in [0.5, 0.6) is 0 Å². The molecule has 0 aromatic heterocycles. The Hall–Kier alpha value is -0.830. The number of benzene rings is 2. The molecule has 0 saturated heterocycles. The van der Waals surface area contributed by atoms with Crippen LogP contribution >= 0.6 is 15.4 Å². The Bertz CT molecular complexity index is 422. The van der Waals surface area contributed by atoms with Gasteiger partial charge in [-0.25, -0.2) is 0 Å². The second-order valence-corrected chi connectivity index (χ2v) is 5.84. The molecule has 2 aromatic rings. The third kappa shape index (κ3) is 2.15. The topological polar surface area (TPSA) is 0 Å². The Kier molecular flexibility index (Phi) is 3.19. The van der Waals surface area contributed by atoms with Crippen molar-refractivity contribution in [1.29, 1.82) is 0 Å². The molecule has 0 aliphatic carbocycles. The van der Waals surface area contributed by atoms with E-state index >= 15 is 0 Å². The molecule has 2 rings (SSSR count). The van der Waals surface area contributed by atoms with Gasteiger partial charge in [0.1, 0.15) is 0 Å². The van der Waals surface area contributed by atoms with Crippen molar-refractivity contribution in [2.45, 2.75) is 0 Å². The molecule has 0 N–H and O–H groups in total. The average molecular weight is 216 g/mol. The second-order valence-electron chi connectivity index (χ2n) is 2.98. The molecule has 0 bridgehead atoms. The van der Waals surface area contributed by atoms with Crippen molar-refractivity contribution in [1.82, 2.24) is 0 Å². The molecular formula is C12H10P2. The summed E-state index contributed by atoms with van der Waals surface area (Å²) in [6.45, 7) is 0. The van der Waals surface area contributed by atoms with Gasteiger partial charge in [-0.1, -0.05) is 0 Å². The first-order valence-electron chi connectivity index (χ1n) is 4.47. The van der Waals surface area contributed by atoms with Gasteiger partial charge >= 0.3 is 86.6 Å². The van der Waals surface area contributed by atoms with Crippen LogP contribution in [-0.4, -0.2) is 0 Å². The second kappa shape index (κ2) is 4.60. The molecule has 0 fully saturated rings. The summed E-state index contributed by atoms with van der Waals surface area (Å²) < 4.78 is 0. The molecule has 2 aromatic carbocycles. The van der Waals surface area contributed by atoms with E-state index in [1.54, 1.807) is 0 Å². The molecular weight excluding hydrogens is 206 g/mol. The summed E-state index contributed by atoms with van der Waals surface area (Å²) in [5.41, 5.74) is 0. The van der Waals surface area contributed by atoms with E-state index in [1.807, 2.05) is 12.1 Å². The summed E-state index contributed by atoms with van der Waals surface area (Å²) >= 11 is 0. The van der Waals surface area contributed by atoms with Gasteiger partial charge in [0.15, 0.2) is 0 Å². The van der Waals surface area contributed by atoms with Gasteiger partial charge < -0.3 is 0 Å². The normalized spacial score (nSPS) is 9.64. The molecule has 0 nitrogen and oxygen atoms in total. The summed E-state index contributed by atoms with van der Waals surface area (Å²) in [5.74, 6) is 0. The van der Waals surface area contributed by atoms with Crippen molar-refractivity contribution in [3.63, 3.8) is 0 Å². The van der Waals surface area contributed by atoms with Crippen LogP contribution in [0.4, 0.5) is 0 Å². The fraction of sp³-hybridized carbons (Fsp3) is 0. The quantitative estimate of drug-likeness (QED) is 0.592. The third-order valence-electron chi connectivity index (χ3n) is 2.00. The average Bonchev–Trinajstić information content (AvgIpc) is 2.30. The van der Waals surface area contributed by atoms with Gasteiger partial charge in [0, 0.05) is 0 Å². The Morgan fingerprint density at radius 3 is 1.36 bits per heavy atom. The van der Waals surface area contributed by atoms with E-state index in [1.165, 1.54) is 10.6 Å². The van der Waals surface area contributed by atoms with Gasteiger partial charge in [-0.15, -0.1) is 0 Å². The first-order valence-corrected chi connectivity index (χ1v) is 6.96. The summed E-state index contributed by atoms with van der Waals surface area (Å²) in [5, 5.41) is 2.61. The van der Waals surface area contributed by atoms with E-state index in [4.69, 9.17) is 0 Å². The first kappa shape index (κ1) is 9.71. The summed E-state index contributed by atoms with van der Waals surface area (Å²) in [7, 11) is 4.20. The van der Waals surface area contributed by atoms with Crippen LogP contribution in [0.3, 0.4) is 0 Å². The van der Waals surface area contributed by atoms with Crippen molar-refractivity contribution >= 4 is 26.0 Å². The molecule has 14 heavy (non-hydrogen) atoms. The molecule has 0 radical (unpaired) electrons. The molecule has 2 heteroatoms. The van der Waals surface area contributed by atoms with Crippen LogP contribution in [0.15, 0.2) is 60.7 Å². The summed E-state index contributed by atoms with van der Waals surface area (Å²) in [4.78, 5) is 0.